The highest BCUT2D eigenvalue weighted by atomic mass is 32.2. The van der Waals surface area contributed by atoms with Crippen molar-refractivity contribution in [2.24, 2.45) is 5.73 Å². The smallest absolute Gasteiger partial charge is 0.279 e. The van der Waals surface area contributed by atoms with Gasteiger partial charge in [0, 0.05) is 25.2 Å². The van der Waals surface area contributed by atoms with Crippen LogP contribution in [0.25, 0.3) is 0 Å². The lowest BCUT2D eigenvalue weighted by Crippen LogP contribution is -2.54. The van der Waals surface area contributed by atoms with Crippen molar-refractivity contribution in [1.82, 2.24) is 9.03 Å². The standard InChI is InChI=1S/C9H21N3O2S/c1-3-9(2,8-10)11-15(13,14)12-6-4-5-7-12/h11H,3-8,10H2,1-2H3. The Balaban J connectivity index is 2.70. The lowest BCUT2D eigenvalue weighted by atomic mass is 10.0. The van der Waals surface area contributed by atoms with E-state index < -0.39 is 15.7 Å². The van der Waals surface area contributed by atoms with Gasteiger partial charge in [0.05, 0.1) is 0 Å². The van der Waals surface area contributed by atoms with Crippen molar-refractivity contribution < 1.29 is 8.42 Å². The van der Waals surface area contributed by atoms with Crippen molar-refractivity contribution in [3.05, 3.63) is 0 Å². The molecule has 0 aliphatic carbocycles. The van der Waals surface area contributed by atoms with Gasteiger partial charge >= 0.3 is 0 Å². The van der Waals surface area contributed by atoms with E-state index in [1.54, 1.807) is 0 Å². The molecule has 0 aromatic carbocycles. The lowest BCUT2D eigenvalue weighted by molar-refractivity contribution is 0.383. The van der Waals surface area contributed by atoms with Crippen molar-refractivity contribution in [2.75, 3.05) is 19.6 Å². The summed E-state index contributed by atoms with van der Waals surface area (Å²) in [5.74, 6) is 0. The molecule has 15 heavy (non-hydrogen) atoms. The monoisotopic (exact) mass is 235 g/mol. The summed E-state index contributed by atoms with van der Waals surface area (Å²) in [7, 11) is -3.34. The molecule has 1 rings (SSSR count). The zero-order valence-corrected chi connectivity index (χ0v) is 10.3. The summed E-state index contributed by atoms with van der Waals surface area (Å²) in [6.45, 7) is 5.33. The van der Waals surface area contributed by atoms with E-state index >= 15 is 0 Å². The topological polar surface area (TPSA) is 75.4 Å². The second-order valence-electron chi connectivity index (χ2n) is 4.33. The molecule has 5 nitrogen and oxygen atoms in total. The fourth-order valence-corrected chi connectivity index (χ4v) is 3.28. The molecule has 1 aliphatic rings. The molecule has 0 spiro atoms. The van der Waals surface area contributed by atoms with Gasteiger partial charge < -0.3 is 5.73 Å². The molecule has 1 fully saturated rings. The largest absolute Gasteiger partial charge is 0.329 e. The van der Waals surface area contributed by atoms with Gasteiger partial charge in [-0.2, -0.15) is 17.4 Å². The van der Waals surface area contributed by atoms with E-state index in [-0.39, 0.29) is 0 Å². The van der Waals surface area contributed by atoms with Gasteiger partial charge in [-0.3, -0.25) is 0 Å². The van der Waals surface area contributed by atoms with Crippen LogP contribution in [0.5, 0.6) is 0 Å². The summed E-state index contributed by atoms with van der Waals surface area (Å²) in [5.41, 5.74) is 5.05. The predicted octanol–water partition coefficient (Wildman–Crippen LogP) is 0.0440. The molecule has 0 amide bonds. The van der Waals surface area contributed by atoms with Crippen molar-refractivity contribution in [2.45, 2.75) is 38.6 Å². The summed E-state index contributed by atoms with van der Waals surface area (Å²) in [6.07, 6.45) is 2.59. The first-order valence-electron chi connectivity index (χ1n) is 5.42. The number of nitrogens with two attached hydrogens (primary N) is 1. The Bertz CT molecular complexity index is 292. The van der Waals surface area contributed by atoms with Crippen LogP contribution >= 0.6 is 0 Å². The minimum absolute atomic E-state index is 0.316. The highest BCUT2D eigenvalue weighted by Gasteiger charge is 2.32. The van der Waals surface area contributed by atoms with Crippen molar-refractivity contribution in [1.29, 1.82) is 0 Å². The van der Waals surface area contributed by atoms with Crippen molar-refractivity contribution >= 4 is 10.2 Å². The number of hydrogen-bond donors (Lipinski definition) is 2. The summed E-state index contributed by atoms with van der Waals surface area (Å²) >= 11 is 0. The van der Waals surface area contributed by atoms with Crippen LogP contribution in [0.2, 0.25) is 0 Å². The van der Waals surface area contributed by atoms with E-state index in [9.17, 15) is 8.42 Å². The van der Waals surface area contributed by atoms with E-state index in [1.165, 1.54) is 4.31 Å². The normalized spacial score (nSPS) is 22.9. The van der Waals surface area contributed by atoms with Crippen molar-refractivity contribution in [3.63, 3.8) is 0 Å². The molecule has 1 aliphatic heterocycles. The maximum Gasteiger partial charge on any atom is 0.279 e. The predicted molar refractivity (Wildman–Crippen MR) is 60.6 cm³/mol. The highest BCUT2D eigenvalue weighted by Crippen LogP contribution is 2.15. The summed E-state index contributed by atoms with van der Waals surface area (Å²) in [6, 6.07) is 0. The second kappa shape index (κ2) is 4.78. The van der Waals surface area contributed by atoms with Gasteiger partial charge in [-0.25, -0.2) is 0 Å². The third-order valence-corrected chi connectivity index (χ3v) is 4.81. The van der Waals surface area contributed by atoms with E-state index in [2.05, 4.69) is 4.72 Å². The quantitative estimate of drug-likeness (QED) is 0.706. The van der Waals surface area contributed by atoms with Gasteiger partial charge in [0.1, 0.15) is 0 Å². The minimum Gasteiger partial charge on any atom is -0.329 e. The molecular formula is C9H21N3O2S. The number of hydrogen-bond acceptors (Lipinski definition) is 3. The van der Waals surface area contributed by atoms with Crippen LogP contribution < -0.4 is 10.5 Å². The number of nitrogens with zero attached hydrogens (tertiary/aromatic N) is 1. The molecule has 0 radical (unpaired) electrons. The third-order valence-electron chi connectivity index (χ3n) is 3.01. The Morgan fingerprint density at radius 3 is 2.33 bits per heavy atom. The maximum absolute atomic E-state index is 11.9. The van der Waals surface area contributed by atoms with Gasteiger partial charge in [-0.15, -0.1) is 0 Å². The molecule has 0 aromatic rings. The van der Waals surface area contributed by atoms with Crippen LogP contribution in [0.15, 0.2) is 0 Å². The Morgan fingerprint density at radius 1 is 1.40 bits per heavy atom. The van der Waals surface area contributed by atoms with Crippen LogP contribution in [-0.2, 0) is 10.2 Å². The van der Waals surface area contributed by atoms with Gasteiger partial charge in [0.25, 0.3) is 10.2 Å². The third kappa shape index (κ3) is 3.14. The summed E-state index contributed by atoms with van der Waals surface area (Å²) < 4.78 is 28.0. The Morgan fingerprint density at radius 2 is 1.93 bits per heavy atom. The van der Waals surface area contributed by atoms with Crippen LogP contribution in [0.3, 0.4) is 0 Å². The van der Waals surface area contributed by atoms with Gasteiger partial charge in [-0.1, -0.05) is 6.92 Å². The van der Waals surface area contributed by atoms with Crippen LogP contribution in [0.1, 0.15) is 33.1 Å². The molecule has 1 atom stereocenters. The van der Waals surface area contributed by atoms with Crippen molar-refractivity contribution in [3.8, 4) is 0 Å². The maximum atomic E-state index is 11.9. The Kier molecular flexibility index (Phi) is 4.11. The number of rotatable bonds is 5. The van der Waals surface area contributed by atoms with Crippen LogP contribution in [-0.4, -0.2) is 37.9 Å². The molecule has 0 bridgehead atoms. The zero-order valence-electron chi connectivity index (χ0n) is 9.49. The molecule has 0 aromatic heterocycles. The first-order valence-corrected chi connectivity index (χ1v) is 6.87. The molecule has 0 saturated carbocycles. The fourth-order valence-electron chi connectivity index (χ4n) is 1.56. The highest BCUT2D eigenvalue weighted by molar-refractivity contribution is 7.87. The molecular weight excluding hydrogens is 214 g/mol. The summed E-state index contributed by atoms with van der Waals surface area (Å²) in [4.78, 5) is 0. The zero-order chi connectivity index (χ0) is 11.5. The average Bonchev–Trinajstić information content (AvgIpc) is 2.70. The molecule has 1 heterocycles. The Hall–Kier alpha value is -0.170. The van der Waals surface area contributed by atoms with Gasteiger partial charge in [0.15, 0.2) is 0 Å². The lowest BCUT2D eigenvalue weighted by Gasteiger charge is -2.30. The first kappa shape index (κ1) is 12.9. The second-order valence-corrected chi connectivity index (χ2v) is 6.00. The minimum atomic E-state index is -3.34. The number of nitrogens with one attached hydrogen (secondary N) is 1. The van der Waals surface area contributed by atoms with Gasteiger partial charge in [-0.05, 0) is 26.2 Å². The Labute approximate surface area is 92.2 Å². The van der Waals surface area contributed by atoms with E-state index in [0.29, 0.717) is 26.1 Å². The molecule has 6 heteroatoms. The SMILES string of the molecule is CCC(C)(CN)NS(=O)(=O)N1CCCC1. The average molecular weight is 235 g/mol. The molecule has 1 saturated heterocycles. The molecule has 3 N–H and O–H groups in total. The van der Waals surface area contributed by atoms with Crippen LogP contribution in [0.4, 0.5) is 0 Å². The van der Waals surface area contributed by atoms with Gasteiger partial charge in [0.2, 0.25) is 0 Å². The fraction of sp³-hybridized carbons (Fsp3) is 1.00. The van der Waals surface area contributed by atoms with Crippen LogP contribution in [0, 0.1) is 0 Å². The molecule has 90 valence electrons. The van der Waals surface area contributed by atoms with E-state index in [4.69, 9.17) is 5.73 Å². The molecule has 1 unspecified atom stereocenters. The van der Waals surface area contributed by atoms with E-state index in [0.717, 1.165) is 12.8 Å². The first-order chi connectivity index (χ1) is 6.93. The summed E-state index contributed by atoms with van der Waals surface area (Å²) in [5, 5.41) is 0. The van der Waals surface area contributed by atoms with E-state index in [1.807, 2.05) is 13.8 Å².